The lowest BCUT2D eigenvalue weighted by molar-refractivity contribution is 0.0621. The zero-order valence-electron chi connectivity index (χ0n) is 13.2. The monoisotopic (exact) mass is 478 g/mol. The maximum absolute atomic E-state index is 12.6. The summed E-state index contributed by atoms with van der Waals surface area (Å²) in [6, 6.07) is 5.57. The van der Waals surface area contributed by atoms with Crippen molar-refractivity contribution in [3.63, 3.8) is 0 Å². The van der Waals surface area contributed by atoms with Crippen molar-refractivity contribution in [1.29, 1.82) is 0 Å². The third kappa shape index (κ3) is 4.04. The van der Waals surface area contributed by atoms with Gasteiger partial charge in [0.05, 0.1) is 3.57 Å². The number of carbonyl (C=O) groups excluding carboxylic acids is 1. The van der Waals surface area contributed by atoms with Crippen molar-refractivity contribution in [2.45, 2.75) is 6.54 Å². The zero-order valence-corrected chi connectivity index (χ0v) is 16.8. The number of aryl methyl sites for hydroxylation is 1. The summed E-state index contributed by atoms with van der Waals surface area (Å²) in [6.45, 7) is 3.77. The molecule has 24 heavy (non-hydrogen) atoms. The standard InChI is InChI=1S/C16H17Cl2IN4O/c1-21-10-14(19)15(20-21)16(24)23-6-4-22(5-7-23)9-11-2-3-12(17)8-13(11)18/h2-3,8,10H,4-7,9H2,1H3. The van der Waals surface area contributed by atoms with Crippen molar-refractivity contribution in [2.75, 3.05) is 26.2 Å². The van der Waals surface area contributed by atoms with E-state index in [9.17, 15) is 4.79 Å². The van der Waals surface area contributed by atoms with Crippen LogP contribution in [0.5, 0.6) is 0 Å². The molecule has 0 unspecified atom stereocenters. The SMILES string of the molecule is Cn1cc(I)c(C(=O)N2CCN(Cc3ccc(Cl)cc3Cl)CC2)n1. The van der Waals surface area contributed by atoms with E-state index < -0.39 is 0 Å². The molecular formula is C16H17Cl2IN4O. The van der Waals surface area contributed by atoms with Gasteiger partial charge in [0.25, 0.3) is 5.91 Å². The minimum Gasteiger partial charge on any atom is -0.335 e. The van der Waals surface area contributed by atoms with Crippen LogP contribution in [-0.2, 0) is 13.6 Å². The van der Waals surface area contributed by atoms with Crippen LogP contribution in [0.1, 0.15) is 16.1 Å². The molecule has 0 atom stereocenters. The molecule has 1 amide bonds. The van der Waals surface area contributed by atoms with E-state index in [4.69, 9.17) is 23.2 Å². The van der Waals surface area contributed by atoms with Gasteiger partial charge in [-0.3, -0.25) is 14.4 Å². The Morgan fingerprint density at radius 1 is 1.25 bits per heavy atom. The van der Waals surface area contributed by atoms with E-state index in [1.807, 2.05) is 30.3 Å². The summed E-state index contributed by atoms with van der Waals surface area (Å²) in [5, 5.41) is 5.59. The van der Waals surface area contributed by atoms with Crippen molar-refractivity contribution < 1.29 is 4.79 Å². The number of rotatable bonds is 3. The molecule has 0 N–H and O–H groups in total. The molecule has 128 valence electrons. The Labute approximate surface area is 164 Å². The number of amides is 1. The maximum atomic E-state index is 12.6. The number of piperazine rings is 1. The van der Waals surface area contributed by atoms with Crippen LogP contribution in [-0.4, -0.2) is 51.7 Å². The quantitative estimate of drug-likeness (QED) is 0.635. The Kier molecular flexibility index (Phi) is 5.69. The summed E-state index contributed by atoms with van der Waals surface area (Å²) in [5.41, 5.74) is 1.59. The van der Waals surface area contributed by atoms with Gasteiger partial charge in [-0.2, -0.15) is 5.10 Å². The highest BCUT2D eigenvalue weighted by Gasteiger charge is 2.25. The number of benzene rings is 1. The van der Waals surface area contributed by atoms with Crippen molar-refractivity contribution in [2.24, 2.45) is 7.05 Å². The number of aromatic nitrogens is 2. The van der Waals surface area contributed by atoms with Crippen molar-refractivity contribution in [3.05, 3.63) is 49.3 Å². The lowest BCUT2D eigenvalue weighted by atomic mass is 10.2. The molecule has 1 aliphatic heterocycles. The third-order valence-corrected chi connectivity index (χ3v) is 5.43. The van der Waals surface area contributed by atoms with Gasteiger partial charge < -0.3 is 4.90 Å². The summed E-state index contributed by atoms with van der Waals surface area (Å²) in [4.78, 5) is 16.7. The number of carbonyl (C=O) groups is 1. The fourth-order valence-electron chi connectivity index (χ4n) is 2.75. The molecule has 0 radical (unpaired) electrons. The number of hydrogen-bond acceptors (Lipinski definition) is 3. The maximum Gasteiger partial charge on any atom is 0.275 e. The van der Waals surface area contributed by atoms with Crippen molar-refractivity contribution in [1.82, 2.24) is 19.6 Å². The van der Waals surface area contributed by atoms with Gasteiger partial charge in [0.1, 0.15) is 0 Å². The van der Waals surface area contributed by atoms with Gasteiger partial charge in [-0.1, -0.05) is 29.3 Å². The summed E-state index contributed by atoms with van der Waals surface area (Å²) in [6.07, 6.45) is 1.85. The average molecular weight is 479 g/mol. The molecule has 8 heteroatoms. The highest BCUT2D eigenvalue weighted by Crippen LogP contribution is 2.23. The molecule has 2 aromatic rings. The summed E-state index contributed by atoms with van der Waals surface area (Å²) >= 11 is 14.3. The highest BCUT2D eigenvalue weighted by molar-refractivity contribution is 14.1. The molecule has 1 fully saturated rings. The molecule has 1 aromatic heterocycles. The minimum atomic E-state index is 0.00387. The first-order chi connectivity index (χ1) is 11.4. The summed E-state index contributed by atoms with van der Waals surface area (Å²) in [7, 11) is 1.83. The first kappa shape index (κ1) is 18.0. The average Bonchev–Trinajstić information content (AvgIpc) is 2.88. The first-order valence-corrected chi connectivity index (χ1v) is 9.42. The fraction of sp³-hybridized carbons (Fsp3) is 0.375. The Morgan fingerprint density at radius 2 is 1.96 bits per heavy atom. The Morgan fingerprint density at radius 3 is 2.54 bits per heavy atom. The molecule has 1 aromatic carbocycles. The second-order valence-electron chi connectivity index (χ2n) is 5.80. The molecule has 2 heterocycles. The van der Waals surface area contributed by atoms with E-state index in [-0.39, 0.29) is 5.91 Å². The van der Waals surface area contributed by atoms with E-state index in [0.29, 0.717) is 28.8 Å². The van der Waals surface area contributed by atoms with Gasteiger partial charge in [-0.25, -0.2) is 0 Å². The van der Waals surface area contributed by atoms with E-state index in [2.05, 4.69) is 32.6 Å². The van der Waals surface area contributed by atoms with Crippen LogP contribution in [0.25, 0.3) is 0 Å². The number of halogens is 3. The van der Waals surface area contributed by atoms with Crippen LogP contribution >= 0.6 is 45.8 Å². The molecule has 1 aliphatic rings. The van der Waals surface area contributed by atoms with Crippen molar-refractivity contribution in [3.8, 4) is 0 Å². The topological polar surface area (TPSA) is 41.4 Å². The predicted octanol–water partition coefficient (Wildman–Crippen LogP) is 3.29. The lowest BCUT2D eigenvalue weighted by Crippen LogP contribution is -2.48. The van der Waals surface area contributed by atoms with E-state index in [0.717, 1.165) is 28.8 Å². The molecule has 3 rings (SSSR count). The number of hydrogen-bond donors (Lipinski definition) is 0. The molecule has 0 bridgehead atoms. The van der Waals surface area contributed by atoms with E-state index in [1.54, 1.807) is 10.7 Å². The number of nitrogens with zero attached hydrogens (tertiary/aromatic N) is 4. The van der Waals surface area contributed by atoms with Crippen LogP contribution < -0.4 is 0 Å². The van der Waals surface area contributed by atoms with Gasteiger partial charge in [0.15, 0.2) is 5.69 Å². The van der Waals surface area contributed by atoms with Gasteiger partial charge in [-0.05, 0) is 40.3 Å². The molecular weight excluding hydrogens is 462 g/mol. The van der Waals surface area contributed by atoms with Crippen LogP contribution in [0.15, 0.2) is 24.4 Å². The minimum absolute atomic E-state index is 0.00387. The van der Waals surface area contributed by atoms with E-state index >= 15 is 0 Å². The van der Waals surface area contributed by atoms with Crippen LogP contribution in [0, 0.1) is 3.57 Å². The van der Waals surface area contributed by atoms with Crippen LogP contribution in [0.4, 0.5) is 0 Å². The van der Waals surface area contributed by atoms with Gasteiger partial charge in [-0.15, -0.1) is 0 Å². The molecule has 1 saturated heterocycles. The van der Waals surface area contributed by atoms with Gasteiger partial charge in [0, 0.05) is 56.0 Å². The highest BCUT2D eigenvalue weighted by atomic mass is 127. The zero-order chi connectivity index (χ0) is 17.3. The van der Waals surface area contributed by atoms with E-state index in [1.165, 1.54) is 0 Å². The largest absolute Gasteiger partial charge is 0.335 e. The van der Waals surface area contributed by atoms with Gasteiger partial charge in [0.2, 0.25) is 0 Å². The molecule has 0 saturated carbocycles. The van der Waals surface area contributed by atoms with Crippen molar-refractivity contribution >= 4 is 51.7 Å². The molecule has 0 spiro atoms. The smallest absolute Gasteiger partial charge is 0.275 e. The molecule has 5 nitrogen and oxygen atoms in total. The third-order valence-electron chi connectivity index (χ3n) is 4.06. The second-order valence-corrected chi connectivity index (χ2v) is 7.81. The van der Waals surface area contributed by atoms with Gasteiger partial charge >= 0.3 is 0 Å². The van der Waals surface area contributed by atoms with Crippen LogP contribution in [0.2, 0.25) is 10.0 Å². The fourth-order valence-corrected chi connectivity index (χ4v) is 3.96. The summed E-state index contributed by atoms with van der Waals surface area (Å²) < 4.78 is 2.56. The Bertz CT molecular complexity index is 757. The first-order valence-electron chi connectivity index (χ1n) is 7.59. The Balaban J connectivity index is 1.59. The molecule has 0 aliphatic carbocycles. The Hall–Kier alpha value is -0.830. The second kappa shape index (κ2) is 7.59. The van der Waals surface area contributed by atoms with Crippen LogP contribution in [0.3, 0.4) is 0 Å². The normalized spacial score (nSPS) is 15.8. The summed E-state index contributed by atoms with van der Waals surface area (Å²) in [5.74, 6) is 0.00387. The lowest BCUT2D eigenvalue weighted by Gasteiger charge is -2.34. The predicted molar refractivity (Wildman–Crippen MR) is 104 cm³/mol.